The van der Waals surface area contributed by atoms with E-state index in [1.807, 2.05) is 20.8 Å². The highest BCUT2D eigenvalue weighted by Crippen LogP contribution is 2.17. The van der Waals surface area contributed by atoms with Crippen LogP contribution in [0.3, 0.4) is 0 Å². The summed E-state index contributed by atoms with van der Waals surface area (Å²) in [6.07, 6.45) is 0.227. The highest BCUT2D eigenvalue weighted by Gasteiger charge is 2.11. The molecule has 0 saturated carbocycles. The number of rotatable bonds is 6. The first-order valence-electron chi connectivity index (χ1n) is 6.74. The van der Waals surface area contributed by atoms with Crippen molar-refractivity contribution in [2.75, 3.05) is 13.1 Å². The van der Waals surface area contributed by atoms with Gasteiger partial charge in [-0.15, -0.1) is 0 Å². The zero-order chi connectivity index (χ0) is 15.1. The molecular formula is C15H22N2O3. The van der Waals surface area contributed by atoms with E-state index in [2.05, 4.69) is 10.6 Å². The zero-order valence-corrected chi connectivity index (χ0v) is 12.2. The molecule has 0 bridgehead atoms. The predicted octanol–water partition coefficient (Wildman–Crippen LogP) is 1.59. The molecule has 0 aliphatic carbocycles. The lowest BCUT2D eigenvalue weighted by Gasteiger charge is -2.09. The van der Waals surface area contributed by atoms with E-state index in [9.17, 15) is 14.7 Å². The molecule has 1 aromatic rings. The number of carbonyl (C=O) groups is 2. The highest BCUT2D eigenvalue weighted by molar-refractivity contribution is 5.97. The summed E-state index contributed by atoms with van der Waals surface area (Å²) in [5.41, 5.74) is 1.12. The summed E-state index contributed by atoms with van der Waals surface area (Å²) in [5.74, 6) is -0.120. The maximum atomic E-state index is 11.9. The van der Waals surface area contributed by atoms with Crippen molar-refractivity contribution in [2.24, 2.45) is 5.92 Å². The molecular weight excluding hydrogens is 256 g/mol. The van der Waals surface area contributed by atoms with Gasteiger partial charge in [-0.25, -0.2) is 0 Å². The second kappa shape index (κ2) is 7.53. The Kier molecular flexibility index (Phi) is 6.03. The number of aromatic hydroxyl groups is 1. The van der Waals surface area contributed by atoms with Gasteiger partial charge in [0.15, 0.2) is 0 Å². The van der Waals surface area contributed by atoms with Gasteiger partial charge in [0.1, 0.15) is 5.75 Å². The van der Waals surface area contributed by atoms with Gasteiger partial charge < -0.3 is 15.7 Å². The van der Waals surface area contributed by atoms with Gasteiger partial charge in [-0.3, -0.25) is 9.59 Å². The van der Waals surface area contributed by atoms with Crippen molar-refractivity contribution in [2.45, 2.75) is 27.2 Å². The van der Waals surface area contributed by atoms with Crippen molar-refractivity contribution in [1.82, 2.24) is 10.6 Å². The molecule has 5 nitrogen and oxygen atoms in total. The molecule has 1 aromatic carbocycles. The van der Waals surface area contributed by atoms with E-state index >= 15 is 0 Å². The van der Waals surface area contributed by atoms with Gasteiger partial charge in [-0.05, 0) is 25.0 Å². The first-order valence-corrected chi connectivity index (χ1v) is 6.74. The van der Waals surface area contributed by atoms with Gasteiger partial charge in [0.05, 0.1) is 5.56 Å². The Bertz CT molecular complexity index is 484. The summed E-state index contributed by atoms with van der Waals surface area (Å²) in [7, 11) is 0. The van der Waals surface area contributed by atoms with Gasteiger partial charge in [0.2, 0.25) is 5.91 Å². The summed E-state index contributed by atoms with van der Waals surface area (Å²) in [5, 5.41) is 15.0. The second-order valence-corrected chi connectivity index (χ2v) is 5.22. The van der Waals surface area contributed by atoms with Crippen molar-refractivity contribution in [1.29, 1.82) is 0 Å². The molecule has 0 aliphatic heterocycles. The number of benzene rings is 1. The summed E-state index contributed by atoms with van der Waals surface area (Å²) in [4.78, 5) is 23.3. The number of aryl methyl sites for hydroxylation is 1. The fourth-order valence-electron chi connectivity index (χ4n) is 1.62. The minimum atomic E-state index is -0.372. The SMILES string of the molecule is Cc1ccc(O)c(C(=O)NCCC(=O)NCC(C)C)c1. The maximum absolute atomic E-state index is 11.9. The molecule has 20 heavy (non-hydrogen) atoms. The number of hydrogen-bond donors (Lipinski definition) is 3. The quantitative estimate of drug-likeness (QED) is 0.739. The Balaban J connectivity index is 2.40. The molecule has 110 valence electrons. The van der Waals surface area contributed by atoms with Gasteiger partial charge in [-0.2, -0.15) is 0 Å². The van der Waals surface area contributed by atoms with Crippen LogP contribution < -0.4 is 10.6 Å². The van der Waals surface area contributed by atoms with Gasteiger partial charge >= 0.3 is 0 Å². The predicted molar refractivity (Wildman–Crippen MR) is 77.6 cm³/mol. The van der Waals surface area contributed by atoms with Crippen LogP contribution in [0.15, 0.2) is 18.2 Å². The largest absolute Gasteiger partial charge is 0.507 e. The lowest BCUT2D eigenvalue weighted by Crippen LogP contribution is -2.32. The monoisotopic (exact) mass is 278 g/mol. The van der Waals surface area contributed by atoms with E-state index in [1.54, 1.807) is 12.1 Å². The molecule has 0 fully saturated rings. The molecule has 0 aromatic heterocycles. The number of phenolic OH excluding ortho intramolecular Hbond substituents is 1. The van der Waals surface area contributed by atoms with Crippen LogP contribution in [0.1, 0.15) is 36.2 Å². The third-order valence-corrected chi connectivity index (χ3v) is 2.74. The molecule has 5 heteroatoms. The van der Waals surface area contributed by atoms with Crippen LogP contribution in [0, 0.1) is 12.8 Å². The third-order valence-electron chi connectivity index (χ3n) is 2.74. The minimum Gasteiger partial charge on any atom is -0.507 e. The zero-order valence-electron chi connectivity index (χ0n) is 12.2. The number of phenols is 1. The third kappa shape index (κ3) is 5.30. The Hall–Kier alpha value is -2.04. The number of amides is 2. The fraction of sp³-hybridized carbons (Fsp3) is 0.467. The van der Waals surface area contributed by atoms with Crippen LogP contribution in [0.5, 0.6) is 5.75 Å². The summed E-state index contributed by atoms with van der Waals surface area (Å²) < 4.78 is 0. The average molecular weight is 278 g/mol. The molecule has 3 N–H and O–H groups in total. The molecule has 0 unspecified atom stereocenters. The van der Waals surface area contributed by atoms with Crippen molar-refractivity contribution in [3.8, 4) is 5.75 Å². The maximum Gasteiger partial charge on any atom is 0.255 e. The Labute approximate surface area is 119 Å². The second-order valence-electron chi connectivity index (χ2n) is 5.22. The molecule has 0 saturated heterocycles. The van der Waals surface area contributed by atoms with Crippen molar-refractivity contribution in [3.05, 3.63) is 29.3 Å². The Morgan fingerprint density at radius 3 is 2.60 bits per heavy atom. The first kappa shape index (κ1) is 16.0. The first-order chi connectivity index (χ1) is 9.40. The van der Waals surface area contributed by atoms with Crippen LogP contribution in [0.4, 0.5) is 0 Å². The lowest BCUT2D eigenvalue weighted by atomic mass is 10.1. The van der Waals surface area contributed by atoms with Crippen LogP contribution >= 0.6 is 0 Å². The van der Waals surface area contributed by atoms with Crippen LogP contribution in [-0.2, 0) is 4.79 Å². The summed E-state index contributed by atoms with van der Waals surface area (Å²) >= 11 is 0. The standard InChI is InChI=1S/C15H22N2O3/c1-10(2)9-17-14(19)6-7-16-15(20)12-8-11(3)4-5-13(12)18/h4-5,8,10,18H,6-7,9H2,1-3H3,(H,16,20)(H,17,19). The molecule has 0 heterocycles. The van der Waals surface area contributed by atoms with Crippen LogP contribution in [-0.4, -0.2) is 30.0 Å². The van der Waals surface area contributed by atoms with E-state index in [4.69, 9.17) is 0 Å². The summed E-state index contributed by atoms with van der Waals surface area (Å²) in [6, 6.07) is 4.83. The highest BCUT2D eigenvalue weighted by atomic mass is 16.3. The Morgan fingerprint density at radius 2 is 1.95 bits per heavy atom. The minimum absolute atomic E-state index is 0.0580. The van der Waals surface area contributed by atoms with E-state index in [0.717, 1.165) is 5.56 Å². The normalized spacial score (nSPS) is 10.4. The van der Waals surface area contributed by atoms with Gasteiger partial charge in [0, 0.05) is 19.5 Å². The molecule has 0 aliphatic rings. The molecule has 1 rings (SSSR count). The fourth-order valence-corrected chi connectivity index (χ4v) is 1.62. The molecule has 0 spiro atoms. The number of carbonyl (C=O) groups excluding carboxylic acids is 2. The molecule has 0 atom stereocenters. The topological polar surface area (TPSA) is 78.4 Å². The van der Waals surface area contributed by atoms with Crippen LogP contribution in [0.25, 0.3) is 0 Å². The van der Waals surface area contributed by atoms with Crippen LogP contribution in [0.2, 0.25) is 0 Å². The van der Waals surface area contributed by atoms with Crippen molar-refractivity contribution < 1.29 is 14.7 Å². The smallest absolute Gasteiger partial charge is 0.255 e. The molecule has 0 radical (unpaired) electrons. The number of nitrogens with one attached hydrogen (secondary N) is 2. The van der Waals surface area contributed by atoms with E-state index < -0.39 is 0 Å². The Morgan fingerprint density at radius 1 is 1.25 bits per heavy atom. The van der Waals surface area contributed by atoms with Gasteiger partial charge in [-0.1, -0.05) is 25.5 Å². The van der Waals surface area contributed by atoms with Crippen molar-refractivity contribution in [3.63, 3.8) is 0 Å². The van der Waals surface area contributed by atoms with Gasteiger partial charge in [0.25, 0.3) is 5.91 Å². The van der Waals surface area contributed by atoms with E-state index in [1.165, 1.54) is 6.07 Å². The van der Waals surface area contributed by atoms with E-state index in [-0.39, 0.29) is 36.1 Å². The van der Waals surface area contributed by atoms with E-state index in [0.29, 0.717) is 12.5 Å². The molecule has 2 amide bonds. The number of hydrogen-bond acceptors (Lipinski definition) is 3. The average Bonchev–Trinajstić information content (AvgIpc) is 2.39. The summed E-state index contributed by atoms with van der Waals surface area (Å²) in [6.45, 7) is 6.75. The lowest BCUT2D eigenvalue weighted by molar-refractivity contribution is -0.121. The van der Waals surface area contributed by atoms with Crippen molar-refractivity contribution >= 4 is 11.8 Å².